The second kappa shape index (κ2) is 5.79. The molecule has 0 spiro atoms. The molecule has 8 heteroatoms. The van der Waals surface area contributed by atoms with Crippen molar-refractivity contribution in [3.05, 3.63) is 47.2 Å². The van der Waals surface area contributed by atoms with Crippen molar-refractivity contribution >= 4 is 27.3 Å². The van der Waals surface area contributed by atoms with E-state index in [1.807, 2.05) is 0 Å². The lowest BCUT2D eigenvalue weighted by Gasteiger charge is -2.10. The summed E-state index contributed by atoms with van der Waals surface area (Å²) in [6.07, 6.45) is 0. The Balaban J connectivity index is 2.34. The van der Waals surface area contributed by atoms with Gasteiger partial charge in [-0.05, 0) is 30.3 Å². The predicted molar refractivity (Wildman–Crippen MR) is 76.9 cm³/mol. The topological polar surface area (TPSA) is 75.6 Å². The van der Waals surface area contributed by atoms with E-state index in [1.165, 1.54) is 31.4 Å². The van der Waals surface area contributed by atoms with Gasteiger partial charge in [0.1, 0.15) is 17.3 Å². The molecule has 0 atom stereocenters. The summed E-state index contributed by atoms with van der Waals surface area (Å²) in [5.74, 6) is -0.905. The molecule has 2 N–H and O–H groups in total. The summed E-state index contributed by atoms with van der Waals surface area (Å²) in [6.45, 7) is 0. The lowest BCUT2D eigenvalue weighted by Crippen LogP contribution is -2.13. The Kier molecular flexibility index (Phi) is 4.24. The third kappa shape index (κ3) is 3.37. The van der Waals surface area contributed by atoms with Crippen LogP contribution in [0.2, 0.25) is 5.02 Å². The summed E-state index contributed by atoms with van der Waals surface area (Å²) in [7, 11) is -2.48. The average molecular weight is 332 g/mol. The smallest absolute Gasteiger partial charge is 0.262 e. The average Bonchev–Trinajstić information content (AvgIpc) is 2.44. The molecule has 0 aliphatic carbocycles. The number of rotatable bonds is 4. The molecular weight excluding hydrogens is 321 g/mol. The Hall–Kier alpha value is -1.99. The van der Waals surface area contributed by atoms with Crippen molar-refractivity contribution in [3.63, 3.8) is 0 Å². The predicted octanol–water partition coefficient (Wildman–Crippen LogP) is 2.99. The Morgan fingerprint density at radius 2 is 1.86 bits per heavy atom. The third-order valence-electron chi connectivity index (χ3n) is 2.65. The minimum Gasteiger partial charge on any atom is -0.506 e. The number of sulfonamides is 1. The SMILES string of the molecule is COc1ccc(S(=O)(=O)Nc2cc(Cl)c(F)cc2O)cc1. The molecule has 21 heavy (non-hydrogen) atoms. The number of phenolic OH excluding ortho intramolecular Hbond substituents is 1. The summed E-state index contributed by atoms with van der Waals surface area (Å²) < 4.78 is 44.5. The standard InChI is InChI=1S/C13H11ClFNO4S/c1-20-8-2-4-9(5-3-8)21(18,19)16-12-6-10(14)11(15)7-13(12)17/h2-7,16-17H,1H3. The van der Waals surface area contributed by atoms with Crippen molar-refractivity contribution in [3.8, 4) is 11.5 Å². The quantitative estimate of drug-likeness (QED) is 0.844. The number of hydrogen-bond donors (Lipinski definition) is 2. The zero-order valence-corrected chi connectivity index (χ0v) is 12.4. The number of aromatic hydroxyl groups is 1. The third-order valence-corrected chi connectivity index (χ3v) is 4.32. The number of nitrogens with one attached hydrogen (secondary N) is 1. The largest absolute Gasteiger partial charge is 0.506 e. The Labute approximate surface area is 126 Å². The van der Waals surface area contributed by atoms with E-state index in [-0.39, 0.29) is 15.6 Å². The fraction of sp³-hybridized carbons (Fsp3) is 0.0769. The second-order valence-corrected chi connectivity index (χ2v) is 6.15. The van der Waals surface area contributed by atoms with Crippen molar-refractivity contribution in [2.24, 2.45) is 0 Å². The molecule has 2 rings (SSSR count). The molecule has 0 aliphatic rings. The first-order chi connectivity index (χ1) is 9.83. The van der Waals surface area contributed by atoms with Crippen LogP contribution in [-0.4, -0.2) is 20.6 Å². The highest BCUT2D eigenvalue weighted by molar-refractivity contribution is 7.92. The first-order valence-electron chi connectivity index (χ1n) is 5.68. The molecule has 0 radical (unpaired) electrons. The van der Waals surface area contributed by atoms with E-state index in [1.54, 1.807) is 0 Å². The van der Waals surface area contributed by atoms with Gasteiger partial charge in [-0.25, -0.2) is 12.8 Å². The van der Waals surface area contributed by atoms with Crippen molar-refractivity contribution in [1.29, 1.82) is 0 Å². The summed E-state index contributed by atoms with van der Waals surface area (Å²) in [5, 5.41) is 9.26. The van der Waals surface area contributed by atoms with E-state index < -0.39 is 21.6 Å². The number of halogens is 2. The fourth-order valence-corrected chi connectivity index (χ4v) is 2.81. The van der Waals surface area contributed by atoms with Crippen LogP contribution in [0.3, 0.4) is 0 Å². The number of anilines is 1. The van der Waals surface area contributed by atoms with Crippen LogP contribution < -0.4 is 9.46 Å². The maximum atomic E-state index is 13.1. The van der Waals surface area contributed by atoms with E-state index >= 15 is 0 Å². The van der Waals surface area contributed by atoms with Crippen LogP contribution >= 0.6 is 11.6 Å². The normalized spacial score (nSPS) is 11.2. The van der Waals surface area contributed by atoms with Crippen molar-refractivity contribution in [1.82, 2.24) is 0 Å². The van der Waals surface area contributed by atoms with E-state index in [2.05, 4.69) is 4.72 Å². The van der Waals surface area contributed by atoms with Gasteiger partial charge in [-0.2, -0.15) is 0 Å². The van der Waals surface area contributed by atoms with Crippen LogP contribution in [0.25, 0.3) is 0 Å². The van der Waals surface area contributed by atoms with Gasteiger partial charge < -0.3 is 9.84 Å². The first-order valence-corrected chi connectivity index (χ1v) is 7.54. The van der Waals surface area contributed by atoms with E-state index in [0.717, 1.165) is 12.1 Å². The fourth-order valence-electron chi connectivity index (χ4n) is 1.58. The molecule has 0 aromatic heterocycles. The molecule has 2 aromatic carbocycles. The zero-order valence-electron chi connectivity index (χ0n) is 10.8. The number of ether oxygens (including phenoxy) is 1. The van der Waals surface area contributed by atoms with Gasteiger partial charge >= 0.3 is 0 Å². The van der Waals surface area contributed by atoms with Gasteiger partial charge in [0, 0.05) is 6.07 Å². The first kappa shape index (κ1) is 15.4. The van der Waals surface area contributed by atoms with Crippen LogP contribution in [0.4, 0.5) is 10.1 Å². The molecule has 5 nitrogen and oxygen atoms in total. The molecule has 0 aliphatic heterocycles. The molecule has 0 saturated heterocycles. The highest BCUT2D eigenvalue weighted by Gasteiger charge is 2.17. The molecule has 0 saturated carbocycles. The zero-order chi connectivity index (χ0) is 15.6. The van der Waals surface area contributed by atoms with Crippen LogP contribution in [0.5, 0.6) is 11.5 Å². The summed E-state index contributed by atoms with van der Waals surface area (Å²) >= 11 is 5.56. The van der Waals surface area contributed by atoms with Gasteiger partial charge in [0.15, 0.2) is 0 Å². The number of benzene rings is 2. The van der Waals surface area contributed by atoms with E-state index in [0.29, 0.717) is 5.75 Å². The molecular formula is C13H11ClFNO4S. The maximum Gasteiger partial charge on any atom is 0.262 e. The number of phenols is 1. The van der Waals surface area contributed by atoms with Gasteiger partial charge in [-0.15, -0.1) is 0 Å². The Morgan fingerprint density at radius 1 is 1.24 bits per heavy atom. The summed E-state index contributed by atoms with van der Waals surface area (Å²) in [6, 6.07) is 7.35. The second-order valence-electron chi connectivity index (χ2n) is 4.06. The lowest BCUT2D eigenvalue weighted by atomic mass is 10.3. The summed E-state index contributed by atoms with van der Waals surface area (Å²) in [5.41, 5.74) is -0.211. The minimum atomic E-state index is -3.94. The van der Waals surface area contributed by atoms with Crippen molar-refractivity contribution in [2.45, 2.75) is 4.90 Å². The van der Waals surface area contributed by atoms with Gasteiger partial charge in [0.05, 0.1) is 22.7 Å². The molecule has 0 unspecified atom stereocenters. The van der Waals surface area contributed by atoms with Gasteiger partial charge in [0.25, 0.3) is 10.0 Å². The van der Waals surface area contributed by atoms with Crippen LogP contribution in [0.15, 0.2) is 41.3 Å². The number of hydrogen-bond acceptors (Lipinski definition) is 4. The van der Waals surface area contributed by atoms with E-state index in [9.17, 15) is 17.9 Å². The minimum absolute atomic E-state index is 0.0388. The van der Waals surface area contributed by atoms with Crippen molar-refractivity contribution in [2.75, 3.05) is 11.8 Å². The van der Waals surface area contributed by atoms with Gasteiger partial charge in [-0.1, -0.05) is 11.6 Å². The number of methoxy groups -OCH3 is 1. The van der Waals surface area contributed by atoms with Gasteiger partial charge in [0.2, 0.25) is 0 Å². The lowest BCUT2D eigenvalue weighted by molar-refractivity contribution is 0.414. The van der Waals surface area contributed by atoms with Crippen molar-refractivity contribution < 1.29 is 22.7 Å². The highest BCUT2D eigenvalue weighted by Crippen LogP contribution is 2.31. The van der Waals surface area contributed by atoms with E-state index in [4.69, 9.17) is 16.3 Å². The van der Waals surface area contributed by atoms with Gasteiger partial charge in [-0.3, -0.25) is 4.72 Å². The molecule has 0 heterocycles. The highest BCUT2D eigenvalue weighted by atomic mass is 35.5. The van der Waals surface area contributed by atoms with Crippen LogP contribution in [0, 0.1) is 5.82 Å². The molecule has 0 amide bonds. The van der Waals surface area contributed by atoms with Crippen LogP contribution in [-0.2, 0) is 10.0 Å². The van der Waals surface area contributed by atoms with Crippen LogP contribution in [0.1, 0.15) is 0 Å². The maximum absolute atomic E-state index is 13.1. The molecule has 2 aromatic rings. The Bertz CT molecular complexity index is 762. The summed E-state index contributed by atoms with van der Waals surface area (Å²) in [4.78, 5) is -0.0388. The monoisotopic (exact) mass is 331 g/mol. The molecule has 112 valence electrons. The molecule has 0 fully saturated rings. The Morgan fingerprint density at radius 3 is 2.43 bits per heavy atom. The molecule has 0 bridgehead atoms.